The highest BCUT2D eigenvalue weighted by Gasteiger charge is 2.23. The molecule has 0 aliphatic carbocycles. The van der Waals surface area contributed by atoms with Crippen LogP contribution in [-0.4, -0.2) is 32.6 Å². The number of allylic oxidation sites excluding steroid dienone is 5. The Bertz CT molecular complexity index is 1630. The van der Waals surface area contributed by atoms with Gasteiger partial charge in [0.15, 0.2) is 17.4 Å². The molecule has 0 radical (unpaired) electrons. The predicted molar refractivity (Wildman–Crippen MR) is 139 cm³/mol. The van der Waals surface area contributed by atoms with Gasteiger partial charge in [0.25, 0.3) is 0 Å². The Labute approximate surface area is 221 Å². The van der Waals surface area contributed by atoms with Crippen molar-refractivity contribution in [1.82, 2.24) is 15.0 Å². The lowest BCUT2D eigenvalue weighted by Gasteiger charge is -2.23. The molecule has 5 rings (SSSR count). The van der Waals surface area contributed by atoms with Gasteiger partial charge >= 0.3 is 5.97 Å². The molecule has 10 heteroatoms. The largest absolute Gasteiger partial charge is 0.493 e. The van der Waals surface area contributed by atoms with Crippen LogP contribution in [0.25, 0.3) is 22.3 Å². The molecule has 4 aromatic rings. The van der Waals surface area contributed by atoms with Crippen molar-refractivity contribution in [2.24, 2.45) is 0 Å². The molecule has 0 spiro atoms. The van der Waals surface area contributed by atoms with E-state index in [9.17, 15) is 23.1 Å². The first-order chi connectivity index (χ1) is 18.8. The van der Waals surface area contributed by atoms with E-state index in [2.05, 4.69) is 15.0 Å². The third kappa shape index (κ3) is 5.45. The first-order valence-corrected chi connectivity index (χ1v) is 12.2. The quantitative estimate of drug-likeness (QED) is 0.208. The van der Waals surface area contributed by atoms with Crippen LogP contribution in [0.1, 0.15) is 31.4 Å². The second-order valence-electron chi connectivity index (χ2n) is 8.97. The Morgan fingerprint density at radius 2 is 2.08 bits per heavy atom. The van der Waals surface area contributed by atoms with Gasteiger partial charge in [-0.3, -0.25) is 4.79 Å². The molecule has 2 aromatic heterocycles. The summed E-state index contributed by atoms with van der Waals surface area (Å²) in [4.78, 5) is 21.4. The fourth-order valence-electron chi connectivity index (χ4n) is 4.36. The molecule has 0 amide bonds. The molecule has 2 aromatic carbocycles. The number of halogens is 3. The Morgan fingerprint density at radius 3 is 2.82 bits per heavy atom. The molecule has 39 heavy (non-hydrogen) atoms. The molecule has 7 nitrogen and oxygen atoms in total. The number of carboxylic acid groups (broad SMARTS) is 1. The number of aliphatic carboxylic acids is 1. The van der Waals surface area contributed by atoms with Gasteiger partial charge in [0, 0.05) is 41.0 Å². The van der Waals surface area contributed by atoms with Crippen LogP contribution in [0.3, 0.4) is 0 Å². The van der Waals surface area contributed by atoms with Crippen LogP contribution >= 0.6 is 0 Å². The third-order valence-electron chi connectivity index (χ3n) is 6.33. The minimum atomic E-state index is -0.959. The van der Waals surface area contributed by atoms with Crippen molar-refractivity contribution >= 4 is 16.9 Å². The van der Waals surface area contributed by atoms with Crippen molar-refractivity contribution < 1.29 is 32.5 Å². The smallest absolute Gasteiger partial charge is 0.307 e. The number of imidazole rings is 1. The fraction of sp³-hybridized carbons (Fsp3) is 0.172. The van der Waals surface area contributed by atoms with Crippen LogP contribution in [-0.2, 0) is 9.53 Å². The molecule has 0 fully saturated rings. The van der Waals surface area contributed by atoms with Gasteiger partial charge in [0.1, 0.15) is 23.2 Å². The van der Waals surface area contributed by atoms with Crippen LogP contribution < -0.4 is 4.74 Å². The summed E-state index contributed by atoms with van der Waals surface area (Å²) < 4.78 is 55.5. The third-order valence-corrected chi connectivity index (χ3v) is 6.33. The zero-order valence-electron chi connectivity index (χ0n) is 20.8. The van der Waals surface area contributed by atoms with Gasteiger partial charge < -0.3 is 24.5 Å². The lowest BCUT2D eigenvalue weighted by Crippen LogP contribution is -2.15. The van der Waals surface area contributed by atoms with Crippen LogP contribution in [0.2, 0.25) is 0 Å². The van der Waals surface area contributed by atoms with Gasteiger partial charge in [-0.1, -0.05) is 18.2 Å². The summed E-state index contributed by atoms with van der Waals surface area (Å²) in [5.41, 5.74) is 1.61. The molecule has 200 valence electrons. The average Bonchev–Trinajstić information content (AvgIpc) is 3.60. The maximum Gasteiger partial charge on any atom is 0.307 e. The number of nitrogens with zero attached hydrogens (tertiary/aromatic N) is 1. The number of nitrogens with one attached hydrogen (secondary N) is 2. The van der Waals surface area contributed by atoms with Gasteiger partial charge in [-0.25, -0.2) is 18.2 Å². The maximum atomic E-state index is 14.8. The molecular formula is C29H24F3N3O4. The van der Waals surface area contributed by atoms with Crippen LogP contribution in [0.5, 0.6) is 11.5 Å². The number of carbonyl (C=O) groups is 1. The highest BCUT2D eigenvalue weighted by Crippen LogP contribution is 2.35. The molecule has 0 saturated heterocycles. The van der Waals surface area contributed by atoms with E-state index in [0.29, 0.717) is 29.0 Å². The van der Waals surface area contributed by atoms with Gasteiger partial charge in [-0.15, -0.1) is 0 Å². The molecule has 0 saturated carbocycles. The summed E-state index contributed by atoms with van der Waals surface area (Å²) in [5, 5.41) is 9.37. The molecule has 1 unspecified atom stereocenters. The monoisotopic (exact) mass is 535 g/mol. The van der Waals surface area contributed by atoms with E-state index in [0.717, 1.165) is 12.1 Å². The van der Waals surface area contributed by atoms with Crippen molar-refractivity contribution in [3.8, 4) is 22.9 Å². The van der Waals surface area contributed by atoms with Gasteiger partial charge in [-0.2, -0.15) is 0 Å². The summed E-state index contributed by atoms with van der Waals surface area (Å²) in [5.74, 6) is -3.28. The van der Waals surface area contributed by atoms with E-state index in [1.165, 1.54) is 24.4 Å². The summed E-state index contributed by atoms with van der Waals surface area (Å²) >= 11 is 0. The summed E-state index contributed by atoms with van der Waals surface area (Å²) in [6, 6.07) is 6.33. The SMILES string of the molecule is C/C=C\C=C(\CC(=O)O)C1=CCC(c2cnc(-c3cc(Oc4c(F)cc5[nH]ccc5c4F)ccc3F)[nH]2)CO1. The minimum Gasteiger partial charge on any atom is -0.493 e. The summed E-state index contributed by atoms with van der Waals surface area (Å²) in [6.45, 7) is 2.10. The molecule has 1 aliphatic heterocycles. The Morgan fingerprint density at radius 1 is 1.23 bits per heavy atom. The number of hydrogen-bond donors (Lipinski definition) is 3. The number of benzene rings is 2. The van der Waals surface area contributed by atoms with E-state index in [1.54, 1.807) is 24.4 Å². The number of carboxylic acids is 1. The molecular weight excluding hydrogens is 511 g/mol. The maximum absolute atomic E-state index is 14.8. The van der Waals surface area contributed by atoms with Crippen molar-refractivity contribution in [2.45, 2.75) is 25.7 Å². The van der Waals surface area contributed by atoms with Crippen LogP contribution in [0.15, 0.2) is 78.4 Å². The molecule has 0 bridgehead atoms. The number of aromatic nitrogens is 3. The highest BCUT2D eigenvalue weighted by molar-refractivity contribution is 5.82. The Kier molecular flexibility index (Phi) is 7.27. The van der Waals surface area contributed by atoms with E-state index in [1.807, 2.05) is 13.0 Å². The van der Waals surface area contributed by atoms with Crippen LogP contribution in [0, 0.1) is 17.5 Å². The molecule has 3 heterocycles. The lowest BCUT2D eigenvalue weighted by molar-refractivity contribution is -0.136. The first kappa shape index (κ1) is 25.9. The average molecular weight is 536 g/mol. The number of ether oxygens (including phenoxy) is 2. The van der Waals surface area contributed by atoms with Crippen LogP contribution in [0.4, 0.5) is 13.2 Å². The number of fused-ring (bicyclic) bond motifs is 1. The van der Waals surface area contributed by atoms with Gasteiger partial charge in [-0.05, 0) is 43.7 Å². The van der Waals surface area contributed by atoms with Crippen molar-refractivity contribution in [2.75, 3.05) is 6.61 Å². The number of rotatable bonds is 8. The van der Waals surface area contributed by atoms with Crippen molar-refractivity contribution in [1.29, 1.82) is 0 Å². The van der Waals surface area contributed by atoms with E-state index in [4.69, 9.17) is 9.47 Å². The topological polar surface area (TPSA) is 100 Å². The Balaban J connectivity index is 1.36. The highest BCUT2D eigenvalue weighted by atomic mass is 19.1. The normalized spacial score (nSPS) is 15.9. The molecule has 1 aliphatic rings. The van der Waals surface area contributed by atoms with Gasteiger partial charge in [0.05, 0.1) is 24.1 Å². The predicted octanol–water partition coefficient (Wildman–Crippen LogP) is 7.13. The Hall–Kier alpha value is -4.73. The van der Waals surface area contributed by atoms with Crippen molar-refractivity contribution in [3.63, 3.8) is 0 Å². The molecule has 3 N–H and O–H groups in total. The standard InChI is InChI=1S/C29H24F3N3O4/c1-2-3-4-16(11-26(36)37)25-8-5-17(15-38-25)24-14-34-29(35-24)20-12-18(6-7-21(20)30)39-28-22(31)13-23-19(27(28)32)9-10-33-23/h2-4,6-10,12-14,17,33H,5,11,15H2,1H3,(H,34,35)(H,36,37)/b3-2-,16-4-. The lowest BCUT2D eigenvalue weighted by atomic mass is 9.98. The zero-order valence-corrected chi connectivity index (χ0v) is 20.8. The number of H-pyrrole nitrogens is 2. The zero-order chi connectivity index (χ0) is 27.5. The van der Waals surface area contributed by atoms with Crippen molar-refractivity contribution in [3.05, 3.63) is 102 Å². The fourth-order valence-corrected chi connectivity index (χ4v) is 4.36. The van der Waals surface area contributed by atoms with E-state index in [-0.39, 0.29) is 41.5 Å². The van der Waals surface area contributed by atoms with E-state index < -0.39 is 29.2 Å². The first-order valence-electron chi connectivity index (χ1n) is 12.2. The molecule has 1 atom stereocenters. The second-order valence-corrected chi connectivity index (χ2v) is 8.97. The summed E-state index contributed by atoms with van der Waals surface area (Å²) in [7, 11) is 0. The van der Waals surface area contributed by atoms with Gasteiger partial charge in [0.2, 0.25) is 0 Å². The van der Waals surface area contributed by atoms with E-state index >= 15 is 0 Å². The number of hydrogen-bond acceptors (Lipinski definition) is 4. The minimum absolute atomic E-state index is 0.0319. The number of aromatic amines is 2. The second kappa shape index (κ2) is 10.9. The summed E-state index contributed by atoms with van der Waals surface area (Å²) in [6.07, 6.45) is 10.5.